The molecule has 3 heterocycles. The zero-order chi connectivity index (χ0) is 21.9. The SMILES string of the molecule is C#CCOc1cccc(S(=O)(=O)NC(=O)c2cccnc2N2CC(C)CC2(C)C)n1. The van der Waals surface area contributed by atoms with Gasteiger partial charge in [-0.15, -0.1) is 6.42 Å². The summed E-state index contributed by atoms with van der Waals surface area (Å²) in [5, 5.41) is -0.342. The summed E-state index contributed by atoms with van der Waals surface area (Å²) in [5.41, 5.74) is -0.0191. The van der Waals surface area contributed by atoms with Crippen molar-refractivity contribution in [1.29, 1.82) is 0 Å². The van der Waals surface area contributed by atoms with Crippen molar-refractivity contribution in [2.75, 3.05) is 18.1 Å². The number of aromatic nitrogens is 2. The summed E-state index contributed by atoms with van der Waals surface area (Å²) in [7, 11) is -4.22. The van der Waals surface area contributed by atoms with E-state index in [0.717, 1.165) is 13.0 Å². The van der Waals surface area contributed by atoms with Crippen LogP contribution in [0.5, 0.6) is 5.88 Å². The fourth-order valence-corrected chi connectivity index (χ4v) is 4.65. The number of hydrogen-bond acceptors (Lipinski definition) is 7. The van der Waals surface area contributed by atoms with Crippen LogP contribution in [0.25, 0.3) is 0 Å². The van der Waals surface area contributed by atoms with E-state index in [-0.39, 0.29) is 28.6 Å². The maximum Gasteiger partial charge on any atom is 0.281 e. The Balaban J connectivity index is 1.88. The number of ether oxygens (including phenoxy) is 1. The number of hydrogen-bond donors (Lipinski definition) is 1. The number of terminal acetylenes is 1. The maximum atomic E-state index is 12.9. The molecule has 1 saturated heterocycles. The smallest absolute Gasteiger partial charge is 0.281 e. The Morgan fingerprint density at radius 1 is 1.37 bits per heavy atom. The molecule has 9 heteroatoms. The Kier molecular flexibility index (Phi) is 5.99. The molecule has 0 aliphatic carbocycles. The Hall–Kier alpha value is -3.12. The lowest BCUT2D eigenvalue weighted by atomic mass is 9.97. The van der Waals surface area contributed by atoms with Gasteiger partial charge in [0, 0.05) is 24.3 Å². The largest absolute Gasteiger partial charge is 0.464 e. The van der Waals surface area contributed by atoms with Gasteiger partial charge in [0.1, 0.15) is 5.82 Å². The summed E-state index contributed by atoms with van der Waals surface area (Å²) in [6, 6.07) is 7.37. The summed E-state index contributed by atoms with van der Waals surface area (Å²) in [5.74, 6) is 2.44. The van der Waals surface area contributed by atoms with Crippen LogP contribution in [0.1, 0.15) is 37.6 Å². The predicted octanol–water partition coefficient (Wildman–Crippen LogP) is 2.23. The molecule has 158 valence electrons. The molecule has 2 aromatic rings. The molecule has 1 aliphatic heterocycles. The zero-order valence-corrected chi connectivity index (χ0v) is 17.9. The van der Waals surface area contributed by atoms with Crippen LogP contribution in [-0.4, -0.2) is 43.0 Å². The van der Waals surface area contributed by atoms with Gasteiger partial charge in [-0.05, 0) is 44.4 Å². The first kappa shape index (κ1) is 21.6. The Morgan fingerprint density at radius 2 is 2.13 bits per heavy atom. The second-order valence-corrected chi connectivity index (χ2v) is 9.48. The number of sulfonamides is 1. The molecular weight excluding hydrogens is 404 g/mol. The van der Waals surface area contributed by atoms with E-state index in [1.165, 1.54) is 18.2 Å². The number of anilines is 1. The second kappa shape index (κ2) is 8.32. The van der Waals surface area contributed by atoms with Crippen LogP contribution in [0.3, 0.4) is 0 Å². The quantitative estimate of drug-likeness (QED) is 0.704. The number of rotatable bonds is 6. The lowest BCUT2D eigenvalue weighted by molar-refractivity contribution is 0.0981. The van der Waals surface area contributed by atoms with Crippen LogP contribution >= 0.6 is 0 Å². The molecule has 1 atom stereocenters. The van der Waals surface area contributed by atoms with E-state index in [2.05, 4.69) is 41.4 Å². The molecule has 1 unspecified atom stereocenters. The fraction of sp³-hybridized carbons (Fsp3) is 0.381. The number of pyridine rings is 2. The van der Waals surface area contributed by atoms with E-state index in [1.54, 1.807) is 18.3 Å². The van der Waals surface area contributed by atoms with E-state index in [4.69, 9.17) is 11.2 Å². The van der Waals surface area contributed by atoms with Gasteiger partial charge in [-0.3, -0.25) is 4.79 Å². The minimum Gasteiger partial charge on any atom is -0.464 e. The van der Waals surface area contributed by atoms with Crippen LogP contribution in [0, 0.1) is 18.3 Å². The third-order valence-electron chi connectivity index (χ3n) is 4.86. The number of nitrogens with one attached hydrogen (secondary N) is 1. The molecule has 1 N–H and O–H groups in total. The van der Waals surface area contributed by atoms with Gasteiger partial charge in [-0.2, -0.15) is 13.4 Å². The highest BCUT2D eigenvalue weighted by molar-refractivity contribution is 7.90. The van der Waals surface area contributed by atoms with Crippen molar-refractivity contribution in [2.45, 2.75) is 37.8 Å². The summed E-state index contributed by atoms with van der Waals surface area (Å²) in [4.78, 5) is 23.3. The molecule has 0 bridgehead atoms. The monoisotopic (exact) mass is 428 g/mol. The molecule has 0 aromatic carbocycles. The highest BCUT2D eigenvalue weighted by atomic mass is 32.2. The molecule has 0 saturated carbocycles. The number of nitrogens with zero attached hydrogens (tertiary/aromatic N) is 3. The number of carbonyl (C=O) groups excluding carboxylic acids is 1. The first-order valence-electron chi connectivity index (χ1n) is 9.47. The van der Waals surface area contributed by atoms with Gasteiger partial charge in [-0.1, -0.05) is 18.9 Å². The van der Waals surface area contributed by atoms with E-state index in [1.807, 2.05) is 4.90 Å². The Labute approximate surface area is 176 Å². The molecule has 2 aromatic heterocycles. The normalized spacial score (nSPS) is 17.9. The van der Waals surface area contributed by atoms with Crippen LogP contribution in [-0.2, 0) is 10.0 Å². The first-order valence-corrected chi connectivity index (χ1v) is 11.0. The average molecular weight is 429 g/mol. The fourth-order valence-electron chi connectivity index (χ4n) is 3.72. The van der Waals surface area contributed by atoms with E-state index < -0.39 is 15.9 Å². The molecule has 0 radical (unpaired) electrons. The zero-order valence-electron chi connectivity index (χ0n) is 17.1. The highest BCUT2D eigenvalue weighted by Gasteiger charge is 2.39. The molecule has 1 fully saturated rings. The van der Waals surface area contributed by atoms with Crippen molar-refractivity contribution < 1.29 is 17.9 Å². The van der Waals surface area contributed by atoms with Crippen LogP contribution < -0.4 is 14.4 Å². The Morgan fingerprint density at radius 3 is 2.80 bits per heavy atom. The van der Waals surface area contributed by atoms with Gasteiger partial charge < -0.3 is 9.64 Å². The first-order chi connectivity index (χ1) is 14.1. The minimum atomic E-state index is -4.22. The van der Waals surface area contributed by atoms with Gasteiger partial charge in [0.2, 0.25) is 5.88 Å². The third-order valence-corrected chi connectivity index (χ3v) is 6.10. The maximum absolute atomic E-state index is 12.9. The predicted molar refractivity (Wildman–Crippen MR) is 113 cm³/mol. The molecule has 8 nitrogen and oxygen atoms in total. The molecular formula is C21H24N4O4S. The summed E-state index contributed by atoms with van der Waals surface area (Å²) < 4.78 is 32.7. The molecule has 30 heavy (non-hydrogen) atoms. The van der Waals surface area contributed by atoms with Gasteiger partial charge in [0.15, 0.2) is 11.6 Å². The standard InChI is InChI=1S/C21H24N4O4S/c1-5-12-29-17-9-6-10-18(23-17)30(27,28)24-20(26)16-8-7-11-22-19(16)25-14-15(2)13-21(25,3)4/h1,6-11,15H,12-14H2,2-4H3,(H,24,26). The van der Waals surface area contributed by atoms with Crippen molar-refractivity contribution in [3.8, 4) is 18.2 Å². The summed E-state index contributed by atoms with van der Waals surface area (Å²) >= 11 is 0. The summed E-state index contributed by atoms with van der Waals surface area (Å²) in [6.07, 6.45) is 7.67. The van der Waals surface area contributed by atoms with Gasteiger partial charge in [-0.25, -0.2) is 9.71 Å². The third kappa shape index (κ3) is 4.54. The second-order valence-electron chi connectivity index (χ2n) is 7.85. The average Bonchev–Trinajstić information content (AvgIpc) is 2.98. The van der Waals surface area contributed by atoms with E-state index in [0.29, 0.717) is 11.7 Å². The van der Waals surface area contributed by atoms with E-state index in [9.17, 15) is 13.2 Å². The van der Waals surface area contributed by atoms with Gasteiger partial charge in [0.05, 0.1) is 5.56 Å². The number of carbonyl (C=O) groups is 1. The molecule has 0 spiro atoms. The minimum absolute atomic E-state index is 0.0497. The lowest BCUT2D eigenvalue weighted by Gasteiger charge is -2.33. The molecule has 3 rings (SSSR count). The van der Waals surface area contributed by atoms with Crippen molar-refractivity contribution >= 4 is 21.7 Å². The van der Waals surface area contributed by atoms with E-state index >= 15 is 0 Å². The van der Waals surface area contributed by atoms with Crippen molar-refractivity contribution in [2.24, 2.45) is 5.92 Å². The van der Waals surface area contributed by atoms with Crippen LogP contribution in [0.15, 0.2) is 41.6 Å². The van der Waals surface area contributed by atoms with Crippen molar-refractivity contribution in [3.63, 3.8) is 0 Å². The molecule has 1 aliphatic rings. The molecule has 1 amide bonds. The van der Waals surface area contributed by atoms with Gasteiger partial charge in [0.25, 0.3) is 15.9 Å². The van der Waals surface area contributed by atoms with Gasteiger partial charge >= 0.3 is 0 Å². The van der Waals surface area contributed by atoms with Crippen molar-refractivity contribution in [3.05, 3.63) is 42.1 Å². The lowest BCUT2D eigenvalue weighted by Crippen LogP contribution is -2.41. The number of amides is 1. The highest BCUT2D eigenvalue weighted by Crippen LogP contribution is 2.37. The van der Waals surface area contributed by atoms with Crippen LogP contribution in [0.2, 0.25) is 0 Å². The van der Waals surface area contributed by atoms with Crippen LogP contribution in [0.4, 0.5) is 5.82 Å². The summed E-state index contributed by atoms with van der Waals surface area (Å²) in [6.45, 7) is 6.97. The Bertz CT molecular complexity index is 1090. The topological polar surface area (TPSA) is 101 Å². The van der Waals surface area contributed by atoms with Crippen molar-refractivity contribution in [1.82, 2.24) is 14.7 Å².